The van der Waals surface area contributed by atoms with Gasteiger partial charge in [-0.15, -0.1) is 11.3 Å². The monoisotopic (exact) mass is 490 g/mol. The van der Waals surface area contributed by atoms with Gasteiger partial charge in [-0.1, -0.05) is 67.2 Å². The Hall–Kier alpha value is -2.99. The molecule has 176 valence electrons. The summed E-state index contributed by atoms with van der Waals surface area (Å²) in [5, 5.41) is 0. The van der Waals surface area contributed by atoms with Crippen LogP contribution in [0.2, 0.25) is 4.34 Å². The number of nitrogens with zero attached hydrogens (tertiary/aromatic N) is 3. The number of rotatable bonds is 6. The molecule has 2 aromatic heterocycles. The molecule has 1 atom stereocenters. The molecule has 0 spiro atoms. The molecule has 0 fully saturated rings. The molecule has 0 saturated heterocycles. The van der Waals surface area contributed by atoms with E-state index in [0.717, 1.165) is 40.0 Å². The van der Waals surface area contributed by atoms with E-state index in [1.807, 2.05) is 31.3 Å². The van der Waals surface area contributed by atoms with Crippen molar-refractivity contribution in [3.63, 3.8) is 0 Å². The van der Waals surface area contributed by atoms with Gasteiger partial charge in [-0.05, 0) is 48.9 Å². The highest BCUT2D eigenvalue weighted by molar-refractivity contribution is 7.16. The van der Waals surface area contributed by atoms with Crippen molar-refractivity contribution in [1.29, 1.82) is 0 Å². The molecule has 0 amide bonds. The lowest BCUT2D eigenvalue weighted by atomic mass is 9.84. The second-order valence-electron chi connectivity index (χ2n) is 8.12. The van der Waals surface area contributed by atoms with Gasteiger partial charge in [0.1, 0.15) is 0 Å². The van der Waals surface area contributed by atoms with Gasteiger partial charge < -0.3 is 10.6 Å². The van der Waals surface area contributed by atoms with Crippen LogP contribution < -0.4 is 5.73 Å². The zero-order valence-corrected chi connectivity index (χ0v) is 21.3. The molecule has 6 heteroatoms. The number of aliphatic imine (C=N–C) groups is 1. The highest BCUT2D eigenvalue weighted by Crippen LogP contribution is 2.41. The van der Waals surface area contributed by atoms with Crippen molar-refractivity contribution >= 4 is 34.7 Å². The Kier molecular flexibility index (Phi) is 9.40. The molecule has 0 bridgehead atoms. The molecule has 2 N–H and O–H groups in total. The highest BCUT2D eigenvalue weighted by Gasteiger charge is 2.29. The van der Waals surface area contributed by atoms with Crippen molar-refractivity contribution in [2.75, 3.05) is 13.6 Å². The van der Waals surface area contributed by atoms with E-state index >= 15 is 0 Å². The minimum absolute atomic E-state index is 0.247. The smallest absolute Gasteiger partial charge is 0.0934 e. The summed E-state index contributed by atoms with van der Waals surface area (Å²) < 4.78 is 0.848. The quantitative estimate of drug-likeness (QED) is 0.309. The fourth-order valence-electron chi connectivity index (χ4n) is 3.96. The lowest BCUT2D eigenvalue weighted by Gasteiger charge is -2.31. The Bertz CT molecular complexity index is 1170. The maximum atomic E-state index is 6.37. The number of likely N-dealkylation sites (N-methyl/N-ethyl adjacent to an activating group) is 1. The molecule has 0 saturated carbocycles. The predicted octanol–water partition coefficient (Wildman–Crippen LogP) is 6.69. The summed E-state index contributed by atoms with van der Waals surface area (Å²) in [6, 6.07) is 16.5. The average molecular weight is 491 g/mol. The van der Waals surface area contributed by atoms with E-state index in [0.29, 0.717) is 6.54 Å². The number of halogens is 1. The number of aromatic nitrogens is 1. The van der Waals surface area contributed by atoms with E-state index < -0.39 is 0 Å². The molecule has 1 unspecified atom stereocenters. The van der Waals surface area contributed by atoms with E-state index in [9.17, 15) is 0 Å². The first-order valence-electron chi connectivity index (χ1n) is 11.1. The molecule has 3 heterocycles. The number of thiophene rings is 1. The second-order valence-corrected chi connectivity index (χ2v) is 9.89. The summed E-state index contributed by atoms with van der Waals surface area (Å²) >= 11 is 8.05. The number of benzene rings is 1. The van der Waals surface area contributed by atoms with Crippen molar-refractivity contribution in [3.8, 4) is 0 Å². The zero-order chi connectivity index (χ0) is 24.5. The average Bonchev–Trinajstić information content (AvgIpc) is 3.22. The van der Waals surface area contributed by atoms with Crippen molar-refractivity contribution in [3.05, 3.63) is 117 Å². The highest BCUT2D eigenvalue weighted by atomic mass is 35.5. The molecule has 1 aromatic carbocycles. The van der Waals surface area contributed by atoms with E-state index in [1.165, 1.54) is 16.0 Å². The molecule has 4 rings (SSSR count). The number of hydrogen-bond acceptors (Lipinski definition) is 5. The molecule has 4 nitrogen and oxygen atoms in total. The van der Waals surface area contributed by atoms with Crippen LogP contribution in [-0.4, -0.2) is 29.7 Å². The molecule has 1 aliphatic heterocycles. The van der Waals surface area contributed by atoms with Crippen molar-refractivity contribution in [2.24, 2.45) is 10.7 Å². The number of nitrogens with two attached hydrogens (primary N) is 1. The van der Waals surface area contributed by atoms with Crippen molar-refractivity contribution in [2.45, 2.75) is 25.9 Å². The molecule has 0 radical (unpaired) electrons. The summed E-state index contributed by atoms with van der Waals surface area (Å²) in [5.41, 5.74) is 12.7. The number of fused-ring (bicyclic) bond motifs is 1. The maximum absolute atomic E-state index is 6.37. The zero-order valence-electron chi connectivity index (χ0n) is 19.7. The minimum Gasteiger partial charge on any atom is -0.402 e. The van der Waals surface area contributed by atoms with Crippen LogP contribution in [0.4, 0.5) is 0 Å². The van der Waals surface area contributed by atoms with Crippen LogP contribution in [0.1, 0.15) is 40.1 Å². The first-order chi connectivity index (χ1) is 16.4. The lowest BCUT2D eigenvalue weighted by molar-refractivity contribution is 0.299. The Morgan fingerprint density at radius 1 is 1.21 bits per heavy atom. The molecule has 3 aromatic rings. The van der Waals surface area contributed by atoms with Crippen LogP contribution in [0.25, 0.3) is 5.57 Å². The lowest BCUT2D eigenvalue weighted by Crippen LogP contribution is -2.30. The van der Waals surface area contributed by atoms with Crippen LogP contribution in [0.15, 0.2) is 90.7 Å². The molecule has 34 heavy (non-hydrogen) atoms. The Balaban J connectivity index is 0.000000751. The van der Waals surface area contributed by atoms with Crippen molar-refractivity contribution < 1.29 is 0 Å². The SMILES string of the molecule is C/C(N)=C(/C=NCc1ccccn1)c1ccccc1C1CN(C)Cc2sc(Cl)cc21.C=CC=C. The van der Waals surface area contributed by atoms with Gasteiger partial charge in [-0.2, -0.15) is 0 Å². The third-order valence-corrected chi connectivity index (χ3v) is 6.78. The van der Waals surface area contributed by atoms with E-state index in [4.69, 9.17) is 17.3 Å². The fourth-order valence-corrected chi connectivity index (χ4v) is 5.39. The van der Waals surface area contributed by atoms with Crippen LogP contribution >= 0.6 is 22.9 Å². The Morgan fingerprint density at radius 3 is 2.62 bits per heavy atom. The van der Waals surface area contributed by atoms with Gasteiger partial charge in [0.05, 0.1) is 16.6 Å². The van der Waals surface area contributed by atoms with Gasteiger partial charge in [0, 0.05) is 47.6 Å². The first kappa shape index (κ1) is 25.6. The number of hydrogen-bond donors (Lipinski definition) is 1. The summed E-state index contributed by atoms with van der Waals surface area (Å²) in [7, 11) is 2.16. The van der Waals surface area contributed by atoms with Gasteiger partial charge >= 0.3 is 0 Å². The van der Waals surface area contributed by atoms with Crippen LogP contribution in [0, 0.1) is 0 Å². The first-order valence-corrected chi connectivity index (χ1v) is 12.3. The van der Waals surface area contributed by atoms with Crippen LogP contribution in [-0.2, 0) is 13.1 Å². The summed E-state index contributed by atoms with van der Waals surface area (Å²) in [6.45, 7) is 11.1. The number of pyridine rings is 1. The minimum atomic E-state index is 0.247. The normalized spacial score (nSPS) is 16.3. The van der Waals surface area contributed by atoms with Gasteiger partial charge in [0.2, 0.25) is 0 Å². The van der Waals surface area contributed by atoms with E-state index in [-0.39, 0.29) is 5.92 Å². The van der Waals surface area contributed by atoms with Gasteiger partial charge in [-0.25, -0.2) is 0 Å². The summed E-state index contributed by atoms with van der Waals surface area (Å²) in [4.78, 5) is 12.7. The number of allylic oxidation sites excluding steroid dienone is 4. The van der Waals surface area contributed by atoms with Gasteiger partial charge in [0.15, 0.2) is 0 Å². The third kappa shape index (κ3) is 6.54. The van der Waals surface area contributed by atoms with Crippen LogP contribution in [0.5, 0.6) is 0 Å². The topological polar surface area (TPSA) is 54.5 Å². The van der Waals surface area contributed by atoms with Crippen molar-refractivity contribution in [1.82, 2.24) is 9.88 Å². The molecular weight excluding hydrogens is 460 g/mol. The summed E-state index contributed by atoms with van der Waals surface area (Å²) in [5.74, 6) is 0.247. The molecule has 1 aliphatic rings. The van der Waals surface area contributed by atoms with Crippen LogP contribution in [0.3, 0.4) is 0 Å². The second kappa shape index (κ2) is 12.5. The predicted molar refractivity (Wildman–Crippen MR) is 148 cm³/mol. The largest absolute Gasteiger partial charge is 0.402 e. The Labute approximate surface area is 211 Å². The standard InChI is InChI=1S/C24H25ClN4S.C4H6/c1-16(26)21(13-27-12-17-7-5-6-10-28-17)18-8-3-4-9-19(18)22-14-29(2)15-23-20(22)11-24(25)30-23;1-3-4-2/h3-11,13,22H,12,14-15,26H2,1-2H3;3-4H,1-2H2/b21-16+,27-13?;. The van der Waals surface area contributed by atoms with E-state index in [1.54, 1.807) is 29.7 Å². The fraction of sp³-hybridized carbons (Fsp3) is 0.214. The van der Waals surface area contributed by atoms with Gasteiger partial charge in [0.25, 0.3) is 0 Å². The third-order valence-electron chi connectivity index (χ3n) is 5.51. The molecular formula is C28H31ClN4S. The Morgan fingerprint density at radius 2 is 1.94 bits per heavy atom. The van der Waals surface area contributed by atoms with E-state index in [2.05, 4.69) is 65.4 Å². The summed E-state index contributed by atoms with van der Waals surface area (Å²) in [6.07, 6.45) is 6.95. The molecule has 0 aliphatic carbocycles. The van der Waals surface area contributed by atoms with Gasteiger partial charge in [-0.3, -0.25) is 9.98 Å². The maximum Gasteiger partial charge on any atom is 0.0934 e.